The van der Waals surface area contributed by atoms with Gasteiger partial charge in [0.2, 0.25) is 0 Å². The van der Waals surface area contributed by atoms with E-state index < -0.39 is 0 Å². The van der Waals surface area contributed by atoms with E-state index in [0.717, 1.165) is 5.39 Å². The zero-order valence-electron chi connectivity index (χ0n) is 6.70. The summed E-state index contributed by atoms with van der Waals surface area (Å²) in [4.78, 5) is 0.536. The quantitative estimate of drug-likeness (QED) is 0.749. The fourth-order valence-corrected chi connectivity index (χ4v) is 1.70. The van der Waals surface area contributed by atoms with Crippen LogP contribution in [0.2, 0.25) is 0 Å². The molecule has 0 unspecified atom stereocenters. The van der Waals surface area contributed by atoms with E-state index in [4.69, 9.17) is 0 Å². The Morgan fingerprint density at radius 1 is 1.00 bits per heavy atom. The third-order valence-electron chi connectivity index (χ3n) is 1.94. The highest BCUT2D eigenvalue weighted by Gasteiger charge is 2.04. The largest absolute Gasteiger partial charge is 0.507 e. The van der Waals surface area contributed by atoms with Gasteiger partial charge in [-0.3, -0.25) is 0 Å². The second-order valence-corrected chi connectivity index (χ2v) is 3.30. The number of fused-ring (bicyclic) bond motifs is 1. The highest BCUT2D eigenvalue weighted by atomic mass is 32.2. The van der Waals surface area contributed by atoms with Gasteiger partial charge >= 0.3 is 0 Å². The molecule has 1 nitrogen and oxygen atoms in total. The lowest BCUT2D eigenvalue weighted by Gasteiger charge is -2.02. The Bertz CT molecular complexity index is 442. The third-order valence-corrected chi connectivity index (χ3v) is 2.47. The number of hydrogen-bond donors (Lipinski definition) is 1. The minimum atomic E-state index is 0.188. The van der Waals surface area contributed by atoms with Crippen LogP contribution in [0, 0.1) is 0 Å². The maximum atomic E-state index is 12.4. The molecule has 3 heteroatoms. The Morgan fingerprint density at radius 3 is 2.38 bits per heavy atom. The van der Waals surface area contributed by atoms with Crippen molar-refractivity contribution < 1.29 is 8.99 Å². The number of rotatable bonds is 1. The van der Waals surface area contributed by atoms with Crippen LogP contribution in [0.1, 0.15) is 0 Å². The Balaban J connectivity index is 2.84. The van der Waals surface area contributed by atoms with E-state index in [1.807, 2.05) is 12.1 Å². The first kappa shape index (κ1) is 8.38. The summed E-state index contributed by atoms with van der Waals surface area (Å²) in [5.74, 6) is 0.188. The second-order valence-electron chi connectivity index (χ2n) is 2.71. The molecular formula is C10H7FOS. The first-order chi connectivity index (χ1) is 6.33. The van der Waals surface area contributed by atoms with Crippen molar-refractivity contribution in [2.24, 2.45) is 0 Å². The molecule has 0 aliphatic heterocycles. The summed E-state index contributed by atoms with van der Waals surface area (Å²) in [5.41, 5.74) is 0. The molecule has 2 aromatic rings. The normalized spacial score (nSPS) is 10.5. The molecule has 0 amide bonds. The monoisotopic (exact) mass is 194 g/mol. The lowest BCUT2D eigenvalue weighted by molar-refractivity contribution is 0.481. The number of benzene rings is 2. The topological polar surface area (TPSA) is 20.2 Å². The summed E-state index contributed by atoms with van der Waals surface area (Å²) in [6, 6.07) is 10.3. The number of halogens is 1. The Labute approximate surface area is 79.5 Å². The highest BCUT2D eigenvalue weighted by Crippen LogP contribution is 2.33. The van der Waals surface area contributed by atoms with Gasteiger partial charge in [0.25, 0.3) is 0 Å². The zero-order chi connectivity index (χ0) is 9.26. The first-order valence-electron chi connectivity index (χ1n) is 3.82. The van der Waals surface area contributed by atoms with Crippen molar-refractivity contribution in [1.29, 1.82) is 0 Å². The molecule has 0 saturated heterocycles. The molecule has 0 aliphatic rings. The van der Waals surface area contributed by atoms with Gasteiger partial charge in [0.05, 0.1) is 12.1 Å². The van der Waals surface area contributed by atoms with E-state index in [0.29, 0.717) is 10.3 Å². The summed E-state index contributed by atoms with van der Waals surface area (Å²) in [6.07, 6.45) is 0. The Morgan fingerprint density at radius 2 is 1.69 bits per heavy atom. The van der Waals surface area contributed by atoms with Gasteiger partial charge < -0.3 is 5.11 Å². The average Bonchev–Trinajstić information content (AvgIpc) is 2.19. The van der Waals surface area contributed by atoms with E-state index >= 15 is 0 Å². The summed E-state index contributed by atoms with van der Waals surface area (Å²) in [5, 5.41) is 10.9. The molecule has 0 aromatic heterocycles. The molecule has 0 atom stereocenters. The van der Waals surface area contributed by atoms with Crippen LogP contribution >= 0.6 is 12.1 Å². The molecule has 0 spiro atoms. The number of hydrogen-bond acceptors (Lipinski definition) is 2. The molecule has 0 radical (unpaired) electrons. The number of aromatic hydroxyl groups is 1. The van der Waals surface area contributed by atoms with Crippen LogP contribution in [0.3, 0.4) is 0 Å². The minimum absolute atomic E-state index is 0.188. The lowest BCUT2D eigenvalue weighted by atomic mass is 10.1. The van der Waals surface area contributed by atoms with Crippen LogP contribution < -0.4 is 0 Å². The predicted octanol–water partition coefficient (Wildman–Crippen LogP) is 3.52. The van der Waals surface area contributed by atoms with Crippen molar-refractivity contribution in [3.8, 4) is 5.75 Å². The number of phenols is 1. The molecule has 0 saturated carbocycles. The molecule has 0 aliphatic carbocycles. The average molecular weight is 194 g/mol. The van der Waals surface area contributed by atoms with Gasteiger partial charge in [0, 0.05) is 15.7 Å². The minimum Gasteiger partial charge on any atom is -0.507 e. The summed E-state index contributed by atoms with van der Waals surface area (Å²) < 4.78 is 12.4. The van der Waals surface area contributed by atoms with Gasteiger partial charge in [-0.1, -0.05) is 24.3 Å². The number of phenolic OH excluding ortho intramolecular Hbond substituents is 1. The van der Waals surface area contributed by atoms with Crippen LogP contribution in [-0.2, 0) is 0 Å². The van der Waals surface area contributed by atoms with E-state index in [1.165, 1.54) is 6.07 Å². The SMILES string of the molecule is Oc1ccc(SF)c2ccccc12. The summed E-state index contributed by atoms with van der Waals surface area (Å²) in [7, 11) is 0. The van der Waals surface area contributed by atoms with Crippen LogP contribution in [0.15, 0.2) is 41.3 Å². The summed E-state index contributed by atoms with van der Waals surface area (Å²) in [6.45, 7) is 0. The van der Waals surface area contributed by atoms with E-state index in [9.17, 15) is 8.99 Å². The van der Waals surface area contributed by atoms with Crippen molar-refractivity contribution in [2.75, 3.05) is 0 Å². The van der Waals surface area contributed by atoms with Crippen molar-refractivity contribution in [1.82, 2.24) is 0 Å². The maximum absolute atomic E-state index is 12.4. The zero-order valence-corrected chi connectivity index (χ0v) is 7.51. The molecule has 0 fully saturated rings. The third kappa shape index (κ3) is 1.35. The Kier molecular flexibility index (Phi) is 2.10. The van der Waals surface area contributed by atoms with Crippen molar-refractivity contribution in [3.63, 3.8) is 0 Å². The second kappa shape index (κ2) is 3.26. The van der Waals surface area contributed by atoms with Gasteiger partial charge in [-0.2, -0.15) is 3.89 Å². The molecular weight excluding hydrogens is 187 g/mol. The van der Waals surface area contributed by atoms with Gasteiger partial charge in [-0.15, -0.1) is 0 Å². The fraction of sp³-hybridized carbons (Fsp3) is 0. The van der Waals surface area contributed by atoms with E-state index in [1.54, 1.807) is 18.2 Å². The molecule has 2 aromatic carbocycles. The van der Waals surface area contributed by atoms with Crippen molar-refractivity contribution in [3.05, 3.63) is 36.4 Å². The van der Waals surface area contributed by atoms with Crippen LogP contribution in [-0.4, -0.2) is 5.11 Å². The fourth-order valence-electron chi connectivity index (χ4n) is 1.32. The van der Waals surface area contributed by atoms with Crippen LogP contribution in [0.4, 0.5) is 3.89 Å². The highest BCUT2D eigenvalue weighted by molar-refractivity contribution is 7.94. The molecule has 13 heavy (non-hydrogen) atoms. The molecule has 0 heterocycles. The van der Waals surface area contributed by atoms with Crippen molar-refractivity contribution in [2.45, 2.75) is 4.90 Å². The molecule has 0 bridgehead atoms. The first-order valence-corrected chi connectivity index (χ1v) is 4.54. The standard InChI is InChI=1S/C10H7FOS/c11-13-10-6-5-9(12)7-3-1-2-4-8(7)10/h1-6,12H. The molecule has 2 rings (SSSR count). The summed E-state index contributed by atoms with van der Waals surface area (Å²) >= 11 is 0.196. The van der Waals surface area contributed by atoms with Gasteiger partial charge in [-0.25, -0.2) is 0 Å². The molecule has 66 valence electrons. The van der Waals surface area contributed by atoms with E-state index in [2.05, 4.69) is 0 Å². The van der Waals surface area contributed by atoms with E-state index in [-0.39, 0.29) is 17.9 Å². The lowest BCUT2D eigenvalue weighted by Crippen LogP contribution is -1.76. The predicted molar refractivity (Wildman–Crippen MR) is 52.6 cm³/mol. The van der Waals surface area contributed by atoms with Gasteiger partial charge in [0.1, 0.15) is 5.75 Å². The van der Waals surface area contributed by atoms with Crippen LogP contribution in [0.5, 0.6) is 5.75 Å². The van der Waals surface area contributed by atoms with Crippen molar-refractivity contribution >= 4 is 22.9 Å². The maximum Gasteiger partial charge on any atom is 0.123 e. The molecule has 1 N–H and O–H groups in total. The smallest absolute Gasteiger partial charge is 0.123 e. The Hall–Kier alpha value is -1.22. The van der Waals surface area contributed by atoms with Crippen LogP contribution in [0.25, 0.3) is 10.8 Å². The van der Waals surface area contributed by atoms with Gasteiger partial charge in [0.15, 0.2) is 0 Å². The van der Waals surface area contributed by atoms with Gasteiger partial charge in [-0.05, 0) is 12.1 Å².